The zero-order valence-corrected chi connectivity index (χ0v) is 11.4. The average molecular weight is 283 g/mol. The minimum absolute atomic E-state index is 0.168. The fourth-order valence-corrected chi connectivity index (χ4v) is 4.06. The number of anilines is 1. The third-order valence-corrected chi connectivity index (χ3v) is 5.51. The Labute approximate surface area is 110 Å². The number of thiophene rings is 1. The molecule has 0 fully saturated rings. The van der Waals surface area contributed by atoms with Gasteiger partial charge < -0.3 is 5.11 Å². The second-order valence-electron chi connectivity index (χ2n) is 3.67. The fourth-order valence-electron chi connectivity index (χ4n) is 1.60. The van der Waals surface area contributed by atoms with Crippen molar-refractivity contribution in [2.45, 2.75) is 11.5 Å². The average Bonchev–Trinajstić information content (AvgIpc) is 2.88. The number of aliphatic hydroxyl groups excluding tert-OH is 1. The van der Waals surface area contributed by atoms with Crippen molar-refractivity contribution in [2.75, 3.05) is 11.4 Å². The van der Waals surface area contributed by atoms with Crippen LogP contribution in [0.2, 0.25) is 0 Å². The predicted octanol–water partition coefficient (Wildman–Crippen LogP) is 2.07. The van der Waals surface area contributed by atoms with E-state index in [2.05, 4.69) is 0 Å². The molecule has 2 aromatic rings. The van der Waals surface area contributed by atoms with E-state index in [0.717, 1.165) is 0 Å². The zero-order valence-electron chi connectivity index (χ0n) is 9.78. The Bertz CT molecular complexity index is 620. The van der Waals surface area contributed by atoms with E-state index < -0.39 is 10.0 Å². The maximum atomic E-state index is 12.4. The monoisotopic (exact) mass is 283 g/mol. The fraction of sp³-hybridized carbons (Fsp3) is 0.167. The topological polar surface area (TPSA) is 57.6 Å². The maximum absolute atomic E-state index is 12.4. The molecule has 0 radical (unpaired) electrons. The van der Waals surface area contributed by atoms with Crippen molar-refractivity contribution in [3.8, 4) is 0 Å². The molecule has 0 aliphatic heterocycles. The summed E-state index contributed by atoms with van der Waals surface area (Å²) in [6, 6.07) is 10.4. The van der Waals surface area contributed by atoms with Gasteiger partial charge >= 0.3 is 0 Å². The highest BCUT2D eigenvalue weighted by Gasteiger charge is 2.24. The summed E-state index contributed by atoms with van der Waals surface area (Å²) in [7, 11) is -2.10. The molecule has 0 atom stereocenters. The molecule has 96 valence electrons. The van der Waals surface area contributed by atoms with E-state index in [1.54, 1.807) is 29.6 Å². The van der Waals surface area contributed by atoms with Gasteiger partial charge in [-0.1, -0.05) is 18.2 Å². The number of benzene rings is 1. The first kappa shape index (κ1) is 13.1. The standard InChI is InChI=1S/C12H13NO3S2/c1-13(10-5-3-2-4-6-10)18(15,16)12-7-8-17-11(12)9-14/h2-8,14H,9H2,1H3. The molecule has 1 aromatic heterocycles. The molecule has 0 bridgehead atoms. The molecule has 0 saturated carbocycles. The first-order chi connectivity index (χ1) is 8.57. The quantitative estimate of drug-likeness (QED) is 0.934. The van der Waals surface area contributed by atoms with E-state index in [4.69, 9.17) is 5.11 Å². The lowest BCUT2D eigenvalue weighted by Crippen LogP contribution is -2.26. The molecular weight excluding hydrogens is 270 g/mol. The van der Waals surface area contributed by atoms with E-state index in [1.165, 1.54) is 28.8 Å². The zero-order chi connectivity index (χ0) is 13.2. The molecule has 18 heavy (non-hydrogen) atoms. The van der Waals surface area contributed by atoms with Crippen LogP contribution >= 0.6 is 11.3 Å². The highest BCUT2D eigenvalue weighted by Crippen LogP contribution is 2.27. The van der Waals surface area contributed by atoms with Gasteiger partial charge in [0.1, 0.15) is 4.90 Å². The van der Waals surface area contributed by atoms with Crippen LogP contribution in [0.1, 0.15) is 4.88 Å². The highest BCUT2D eigenvalue weighted by molar-refractivity contribution is 7.93. The second-order valence-corrected chi connectivity index (χ2v) is 6.61. The number of para-hydroxylation sites is 1. The Hall–Kier alpha value is -1.37. The third-order valence-electron chi connectivity index (χ3n) is 2.61. The summed E-state index contributed by atoms with van der Waals surface area (Å²) < 4.78 is 26.0. The number of hydrogen-bond acceptors (Lipinski definition) is 4. The van der Waals surface area contributed by atoms with Gasteiger partial charge in [0.2, 0.25) is 0 Å². The third kappa shape index (κ3) is 2.27. The van der Waals surface area contributed by atoms with Gasteiger partial charge in [-0.25, -0.2) is 8.42 Å². The minimum Gasteiger partial charge on any atom is -0.391 e. The number of rotatable bonds is 4. The molecule has 2 rings (SSSR count). The molecule has 0 unspecified atom stereocenters. The summed E-state index contributed by atoms with van der Waals surface area (Å²) in [4.78, 5) is 0.624. The van der Waals surface area contributed by atoms with Crippen LogP contribution in [0.3, 0.4) is 0 Å². The molecule has 0 saturated heterocycles. The van der Waals surface area contributed by atoms with Crippen molar-refractivity contribution in [1.82, 2.24) is 0 Å². The SMILES string of the molecule is CN(c1ccccc1)S(=O)(=O)c1ccsc1CO. The minimum atomic E-state index is -3.61. The molecular formula is C12H13NO3S2. The summed E-state index contributed by atoms with van der Waals surface area (Å²) in [6.45, 7) is -0.269. The van der Waals surface area contributed by atoms with Gasteiger partial charge in [0.05, 0.1) is 17.2 Å². The molecule has 1 heterocycles. The molecule has 1 aromatic carbocycles. The van der Waals surface area contributed by atoms with Crippen LogP contribution in [0.5, 0.6) is 0 Å². The summed E-state index contributed by atoms with van der Waals surface area (Å²) in [5.74, 6) is 0. The first-order valence-electron chi connectivity index (χ1n) is 5.28. The number of nitrogens with zero attached hydrogens (tertiary/aromatic N) is 1. The molecule has 0 spiro atoms. The van der Waals surface area contributed by atoms with E-state index in [0.29, 0.717) is 10.6 Å². The van der Waals surface area contributed by atoms with Crippen molar-refractivity contribution < 1.29 is 13.5 Å². The lowest BCUT2D eigenvalue weighted by molar-refractivity contribution is 0.282. The van der Waals surface area contributed by atoms with Gasteiger partial charge in [-0.05, 0) is 23.6 Å². The van der Waals surface area contributed by atoms with Crippen molar-refractivity contribution in [1.29, 1.82) is 0 Å². The summed E-state index contributed by atoms with van der Waals surface area (Å²) in [5.41, 5.74) is 0.590. The predicted molar refractivity (Wildman–Crippen MR) is 72.3 cm³/mol. The van der Waals surface area contributed by atoms with Crippen LogP contribution in [-0.2, 0) is 16.6 Å². The number of aliphatic hydroxyl groups is 1. The molecule has 6 heteroatoms. The van der Waals surface area contributed by atoms with E-state index in [9.17, 15) is 8.42 Å². The van der Waals surface area contributed by atoms with Crippen LogP contribution in [0.4, 0.5) is 5.69 Å². The van der Waals surface area contributed by atoms with Crippen molar-refractivity contribution >= 4 is 27.0 Å². The van der Waals surface area contributed by atoms with Crippen molar-refractivity contribution in [3.63, 3.8) is 0 Å². The lowest BCUT2D eigenvalue weighted by Gasteiger charge is -2.19. The number of sulfonamides is 1. The highest BCUT2D eigenvalue weighted by atomic mass is 32.2. The second kappa shape index (κ2) is 5.09. The maximum Gasteiger partial charge on any atom is 0.265 e. The normalized spacial score (nSPS) is 11.4. The summed E-state index contributed by atoms with van der Waals surface area (Å²) in [6.07, 6.45) is 0. The van der Waals surface area contributed by atoms with Gasteiger partial charge in [0.15, 0.2) is 0 Å². The Kier molecular flexibility index (Phi) is 3.70. The van der Waals surface area contributed by atoms with E-state index in [1.807, 2.05) is 6.07 Å². The van der Waals surface area contributed by atoms with Gasteiger partial charge in [-0.2, -0.15) is 0 Å². The summed E-state index contributed by atoms with van der Waals surface area (Å²) >= 11 is 1.23. The van der Waals surface area contributed by atoms with Gasteiger partial charge in [-0.3, -0.25) is 4.31 Å². The van der Waals surface area contributed by atoms with Crippen LogP contribution in [0, 0.1) is 0 Å². The summed E-state index contributed by atoms with van der Waals surface area (Å²) in [5, 5.41) is 10.8. The Balaban J connectivity index is 2.44. The molecule has 1 N–H and O–H groups in total. The van der Waals surface area contributed by atoms with Gasteiger partial charge in [0, 0.05) is 7.05 Å². The molecule has 0 amide bonds. The molecule has 0 aliphatic rings. The first-order valence-corrected chi connectivity index (χ1v) is 7.60. The lowest BCUT2D eigenvalue weighted by atomic mass is 10.3. The Morgan fingerprint density at radius 3 is 2.50 bits per heavy atom. The van der Waals surface area contributed by atoms with E-state index in [-0.39, 0.29) is 11.5 Å². The van der Waals surface area contributed by atoms with Crippen molar-refractivity contribution in [2.24, 2.45) is 0 Å². The Morgan fingerprint density at radius 2 is 1.89 bits per heavy atom. The van der Waals surface area contributed by atoms with Gasteiger partial charge in [-0.15, -0.1) is 11.3 Å². The Morgan fingerprint density at radius 1 is 1.22 bits per heavy atom. The van der Waals surface area contributed by atoms with E-state index >= 15 is 0 Å². The van der Waals surface area contributed by atoms with Crippen LogP contribution in [0.25, 0.3) is 0 Å². The molecule has 4 nitrogen and oxygen atoms in total. The largest absolute Gasteiger partial charge is 0.391 e. The van der Waals surface area contributed by atoms with Crippen LogP contribution < -0.4 is 4.31 Å². The van der Waals surface area contributed by atoms with Crippen LogP contribution in [-0.4, -0.2) is 20.6 Å². The van der Waals surface area contributed by atoms with Crippen LogP contribution in [0.15, 0.2) is 46.7 Å². The molecule has 0 aliphatic carbocycles. The van der Waals surface area contributed by atoms with Gasteiger partial charge in [0.25, 0.3) is 10.0 Å². The van der Waals surface area contributed by atoms with Crippen molar-refractivity contribution in [3.05, 3.63) is 46.7 Å². The smallest absolute Gasteiger partial charge is 0.265 e. The number of hydrogen-bond donors (Lipinski definition) is 1.